The number of allylic oxidation sites excluding steroid dienone is 1. The molecule has 0 aliphatic heterocycles. The fourth-order valence-electron chi connectivity index (χ4n) is 0.158. The summed E-state index contributed by atoms with van der Waals surface area (Å²) in [7, 11) is 0. The van der Waals surface area contributed by atoms with Crippen LogP contribution in [-0.4, -0.2) is 17.1 Å². The Morgan fingerprint density at radius 2 is 1.50 bits per heavy atom. The lowest BCUT2D eigenvalue weighted by Crippen LogP contribution is -1.85. The Balaban J connectivity index is 0. The SMILES string of the molecule is CC(C)=C(C)CO.ClCCl. The summed E-state index contributed by atoms with van der Waals surface area (Å²) in [6.45, 7) is 6.11. The summed E-state index contributed by atoms with van der Waals surface area (Å²) >= 11 is 9.53. The lowest BCUT2D eigenvalue weighted by molar-refractivity contribution is 0.330. The van der Waals surface area contributed by atoms with E-state index in [0.29, 0.717) is 0 Å². The van der Waals surface area contributed by atoms with Gasteiger partial charge in [0, 0.05) is 0 Å². The molecular weight excluding hydrogens is 171 g/mol. The van der Waals surface area contributed by atoms with E-state index >= 15 is 0 Å². The molecule has 3 heteroatoms. The second kappa shape index (κ2) is 9.28. The smallest absolute Gasteiger partial charge is 0.0967 e. The largest absolute Gasteiger partial charge is 0.392 e. The van der Waals surface area contributed by atoms with E-state index < -0.39 is 0 Å². The molecule has 1 N–H and O–H groups in total. The third kappa shape index (κ3) is 11.1. The molecule has 1 nitrogen and oxygen atoms in total. The second-order valence-corrected chi connectivity index (χ2v) is 2.85. The predicted molar refractivity (Wildman–Crippen MR) is 47.7 cm³/mol. The molecule has 0 aliphatic carbocycles. The number of hydrogen-bond acceptors (Lipinski definition) is 1. The Morgan fingerprint density at radius 1 is 1.20 bits per heavy atom. The maximum absolute atomic E-state index is 8.45. The normalized spacial score (nSPS) is 7.80. The van der Waals surface area contributed by atoms with Crippen LogP contribution < -0.4 is 0 Å². The van der Waals surface area contributed by atoms with Gasteiger partial charge in [-0.2, -0.15) is 0 Å². The summed E-state index contributed by atoms with van der Waals surface area (Å²) in [5.74, 6) is 0. The van der Waals surface area contributed by atoms with Gasteiger partial charge in [0.15, 0.2) is 0 Å². The fraction of sp³-hybridized carbons (Fsp3) is 0.714. The predicted octanol–water partition coefficient (Wildman–Crippen LogP) is 2.76. The quantitative estimate of drug-likeness (QED) is 0.491. The average Bonchev–Trinajstić information content (AvgIpc) is 1.88. The first kappa shape index (κ1) is 12.9. The molecule has 0 aromatic carbocycles. The fourth-order valence-corrected chi connectivity index (χ4v) is 0.158. The first-order valence-electron chi connectivity index (χ1n) is 2.95. The summed E-state index contributed by atoms with van der Waals surface area (Å²) in [5.41, 5.74) is 2.28. The average molecular weight is 185 g/mol. The van der Waals surface area contributed by atoms with Crippen molar-refractivity contribution in [3.8, 4) is 0 Å². The van der Waals surface area contributed by atoms with Crippen molar-refractivity contribution in [3.05, 3.63) is 11.1 Å². The molecule has 0 atom stereocenters. The van der Waals surface area contributed by atoms with Crippen molar-refractivity contribution in [1.29, 1.82) is 0 Å². The minimum Gasteiger partial charge on any atom is -0.392 e. The van der Waals surface area contributed by atoms with Crippen LogP contribution in [0.3, 0.4) is 0 Å². The van der Waals surface area contributed by atoms with Crippen LogP contribution in [0, 0.1) is 0 Å². The molecule has 0 bridgehead atoms. The lowest BCUT2D eigenvalue weighted by atomic mass is 10.2. The zero-order valence-corrected chi connectivity index (χ0v) is 8.13. The minimum atomic E-state index is 0.194. The molecule has 0 rings (SSSR count). The topological polar surface area (TPSA) is 20.2 Å². The summed E-state index contributed by atoms with van der Waals surface area (Å²) in [6, 6.07) is 0. The number of alkyl halides is 2. The van der Waals surface area contributed by atoms with E-state index in [1.165, 1.54) is 5.57 Å². The highest BCUT2D eigenvalue weighted by Gasteiger charge is 1.84. The molecule has 62 valence electrons. The summed E-state index contributed by atoms with van der Waals surface area (Å²) in [6.07, 6.45) is 0. The van der Waals surface area contributed by atoms with Crippen molar-refractivity contribution in [2.75, 3.05) is 11.9 Å². The standard InChI is InChI=1S/C6H12O.CH2Cl2/c1-5(2)6(3)4-7;2-1-3/h7H,4H2,1-3H3;1H2. The molecule has 0 aliphatic rings. The molecule has 0 amide bonds. The number of aliphatic hydroxyl groups excluding tert-OH is 1. The van der Waals surface area contributed by atoms with Gasteiger partial charge in [0.25, 0.3) is 0 Å². The van der Waals surface area contributed by atoms with Crippen LogP contribution in [0.5, 0.6) is 0 Å². The molecule has 0 unspecified atom stereocenters. The van der Waals surface area contributed by atoms with E-state index in [-0.39, 0.29) is 11.9 Å². The van der Waals surface area contributed by atoms with Gasteiger partial charge in [-0.25, -0.2) is 0 Å². The first-order chi connectivity index (χ1) is 4.59. The van der Waals surface area contributed by atoms with Crippen molar-refractivity contribution in [2.24, 2.45) is 0 Å². The third-order valence-corrected chi connectivity index (χ3v) is 1.09. The number of hydrogen-bond donors (Lipinski definition) is 1. The highest BCUT2D eigenvalue weighted by Crippen LogP contribution is 1.97. The minimum absolute atomic E-state index is 0.194. The molecule has 0 saturated heterocycles. The van der Waals surface area contributed by atoms with Crippen LogP contribution in [0.4, 0.5) is 0 Å². The molecule has 10 heavy (non-hydrogen) atoms. The van der Waals surface area contributed by atoms with Crippen molar-refractivity contribution >= 4 is 23.2 Å². The monoisotopic (exact) mass is 184 g/mol. The van der Waals surface area contributed by atoms with Gasteiger partial charge in [-0.1, -0.05) is 5.57 Å². The van der Waals surface area contributed by atoms with Crippen LogP contribution in [0.15, 0.2) is 11.1 Å². The lowest BCUT2D eigenvalue weighted by Gasteiger charge is -1.94. The van der Waals surface area contributed by atoms with E-state index in [9.17, 15) is 0 Å². The van der Waals surface area contributed by atoms with Gasteiger partial charge in [0.1, 0.15) is 0 Å². The molecule has 0 aromatic heterocycles. The van der Waals surface area contributed by atoms with Crippen molar-refractivity contribution in [3.63, 3.8) is 0 Å². The van der Waals surface area contributed by atoms with Crippen LogP contribution in [0.25, 0.3) is 0 Å². The van der Waals surface area contributed by atoms with E-state index in [4.69, 9.17) is 28.3 Å². The van der Waals surface area contributed by atoms with Crippen LogP contribution in [0.1, 0.15) is 20.8 Å². The van der Waals surface area contributed by atoms with E-state index in [2.05, 4.69) is 0 Å². The number of halogens is 2. The number of rotatable bonds is 1. The number of aliphatic hydroxyl groups is 1. The second-order valence-electron chi connectivity index (χ2n) is 2.04. The van der Waals surface area contributed by atoms with Gasteiger partial charge in [-0.15, -0.1) is 23.2 Å². The van der Waals surface area contributed by atoms with Crippen LogP contribution >= 0.6 is 23.2 Å². The molecule has 0 spiro atoms. The van der Waals surface area contributed by atoms with Crippen LogP contribution in [-0.2, 0) is 0 Å². The van der Waals surface area contributed by atoms with Crippen molar-refractivity contribution < 1.29 is 5.11 Å². The van der Waals surface area contributed by atoms with Gasteiger partial charge in [-0.3, -0.25) is 0 Å². The van der Waals surface area contributed by atoms with Crippen molar-refractivity contribution in [2.45, 2.75) is 20.8 Å². The van der Waals surface area contributed by atoms with E-state index in [1.807, 2.05) is 20.8 Å². The summed E-state index contributed by atoms with van der Waals surface area (Å²) in [5, 5.41) is 8.64. The Hall–Kier alpha value is 0.280. The molecule has 0 radical (unpaired) electrons. The van der Waals surface area contributed by atoms with E-state index in [1.54, 1.807) is 0 Å². The highest BCUT2D eigenvalue weighted by atomic mass is 35.5. The van der Waals surface area contributed by atoms with E-state index in [0.717, 1.165) is 5.57 Å². The molecular formula is C7H14Cl2O. The summed E-state index contributed by atoms with van der Waals surface area (Å²) < 4.78 is 0. The Bertz CT molecular complexity index is 95.8. The van der Waals surface area contributed by atoms with Crippen LogP contribution in [0.2, 0.25) is 0 Å². The molecule has 0 heterocycles. The zero-order valence-electron chi connectivity index (χ0n) is 6.62. The Morgan fingerprint density at radius 3 is 1.50 bits per heavy atom. The van der Waals surface area contributed by atoms with Gasteiger partial charge in [0.2, 0.25) is 0 Å². The van der Waals surface area contributed by atoms with Gasteiger partial charge >= 0.3 is 0 Å². The van der Waals surface area contributed by atoms with Gasteiger partial charge in [0.05, 0.1) is 11.9 Å². The van der Waals surface area contributed by atoms with Gasteiger partial charge in [-0.05, 0) is 26.3 Å². The molecule has 0 fully saturated rings. The summed E-state index contributed by atoms with van der Waals surface area (Å²) in [4.78, 5) is 0. The third-order valence-electron chi connectivity index (χ3n) is 1.09. The highest BCUT2D eigenvalue weighted by molar-refractivity contribution is 6.40. The van der Waals surface area contributed by atoms with Crippen molar-refractivity contribution in [1.82, 2.24) is 0 Å². The molecule has 0 aromatic rings. The van der Waals surface area contributed by atoms with Gasteiger partial charge < -0.3 is 5.11 Å². The Kier molecular flexibility index (Phi) is 12.0. The zero-order chi connectivity index (χ0) is 8.57. The molecule has 0 saturated carbocycles. The maximum Gasteiger partial charge on any atom is 0.0967 e. The first-order valence-corrected chi connectivity index (χ1v) is 4.02. The Labute approximate surface area is 72.6 Å². The maximum atomic E-state index is 8.45.